The van der Waals surface area contributed by atoms with Crippen LogP contribution in [-0.2, 0) is 7.05 Å². The van der Waals surface area contributed by atoms with Crippen LogP contribution in [-0.4, -0.2) is 39.9 Å². The Hall–Kier alpha value is -2.24. The Balaban J connectivity index is 2.67. The first kappa shape index (κ1) is 11.3. The van der Waals surface area contributed by atoms with Gasteiger partial charge < -0.3 is 4.90 Å². The Bertz CT molecular complexity index is 629. The van der Waals surface area contributed by atoms with E-state index in [1.807, 2.05) is 14.1 Å². The topological polar surface area (TPSA) is 63.4 Å². The highest BCUT2D eigenvalue weighted by molar-refractivity contribution is 5.75. The van der Waals surface area contributed by atoms with Crippen LogP contribution in [0.4, 0.5) is 5.95 Å². The fourth-order valence-electron chi connectivity index (χ4n) is 1.43. The third-order valence-corrected chi connectivity index (χ3v) is 2.24. The number of rotatable bonds is 2. The molecule has 2 aromatic heterocycles. The summed E-state index contributed by atoms with van der Waals surface area (Å²) in [6.45, 7) is 0. The van der Waals surface area contributed by atoms with E-state index in [0.717, 1.165) is 0 Å². The number of aryl methyl sites for hydroxylation is 1. The lowest BCUT2D eigenvalue weighted by atomic mass is 10.3. The number of hydrogen-bond donors (Lipinski definition) is 0. The largest absolute Gasteiger partial charge is 0.369 e. The van der Waals surface area contributed by atoms with Crippen molar-refractivity contribution in [1.29, 1.82) is 0 Å². The van der Waals surface area contributed by atoms with Crippen LogP contribution < -0.4 is 5.56 Å². The van der Waals surface area contributed by atoms with Gasteiger partial charge in [0.25, 0.3) is 5.56 Å². The Morgan fingerprint density at radius 1 is 1.47 bits per heavy atom. The highest BCUT2D eigenvalue weighted by Crippen LogP contribution is 2.11. The molecule has 6 heteroatoms. The number of pyridine rings is 1. The molecule has 2 rings (SSSR count). The van der Waals surface area contributed by atoms with E-state index >= 15 is 0 Å². The lowest BCUT2D eigenvalue weighted by Gasteiger charge is -2.07. The molecule has 0 aliphatic heterocycles. The maximum Gasteiger partial charge on any atom is 0.284 e. The van der Waals surface area contributed by atoms with Gasteiger partial charge in [0.05, 0.1) is 11.7 Å². The lowest BCUT2D eigenvalue weighted by Crippen LogP contribution is -2.14. The van der Waals surface area contributed by atoms with Crippen molar-refractivity contribution in [2.45, 2.75) is 0 Å². The van der Waals surface area contributed by atoms with Gasteiger partial charge in [0, 0.05) is 27.3 Å². The standard InChI is InChI=1S/C11H13N5O/c1-15(2)7-13-11-14-10(17)8-5-4-6-12-9(8)16(11)3/h4-7H,1-3H3/b13-7+. The van der Waals surface area contributed by atoms with Crippen molar-refractivity contribution in [1.82, 2.24) is 19.4 Å². The minimum Gasteiger partial charge on any atom is -0.369 e. The molecule has 0 spiro atoms. The van der Waals surface area contributed by atoms with Gasteiger partial charge in [0.2, 0.25) is 5.95 Å². The van der Waals surface area contributed by atoms with Crippen molar-refractivity contribution >= 4 is 23.3 Å². The summed E-state index contributed by atoms with van der Waals surface area (Å²) in [5.41, 5.74) is 0.274. The molecule has 0 atom stereocenters. The van der Waals surface area contributed by atoms with E-state index < -0.39 is 0 Å². The second-order valence-corrected chi connectivity index (χ2v) is 3.86. The molecule has 88 valence electrons. The quantitative estimate of drug-likeness (QED) is 0.559. The van der Waals surface area contributed by atoms with Crippen LogP contribution in [0.25, 0.3) is 11.0 Å². The molecule has 0 N–H and O–H groups in total. The van der Waals surface area contributed by atoms with Crippen molar-refractivity contribution < 1.29 is 0 Å². The summed E-state index contributed by atoms with van der Waals surface area (Å²) in [7, 11) is 5.48. The molecule has 0 aliphatic carbocycles. The summed E-state index contributed by atoms with van der Waals surface area (Å²) in [6.07, 6.45) is 3.23. The van der Waals surface area contributed by atoms with E-state index in [1.165, 1.54) is 0 Å². The van der Waals surface area contributed by atoms with Crippen LogP contribution >= 0.6 is 0 Å². The van der Waals surface area contributed by atoms with Gasteiger partial charge in [-0.3, -0.25) is 9.36 Å². The second kappa shape index (κ2) is 4.32. The first-order chi connectivity index (χ1) is 8.09. The van der Waals surface area contributed by atoms with Gasteiger partial charge in [-0.05, 0) is 12.1 Å². The molecule has 0 aliphatic rings. The molecule has 2 heterocycles. The molecule has 0 unspecified atom stereocenters. The third-order valence-electron chi connectivity index (χ3n) is 2.24. The van der Waals surface area contributed by atoms with Gasteiger partial charge >= 0.3 is 0 Å². The smallest absolute Gasteiger partial charge is 0.284 e. The predicted octanol–water partition coefficient (Wildman–Crippen LogP) is 0.550. The van der Waals surface area contributed by atoms with E-state index in [4.69, 9.17) is 0 Å². The van der Waals surface area contributed by atoms with Gasteiger partial charge in [-0.1, -0.05) is 0 Å². The molecule has 0 aromatic carbocycles. The lowest BCUT2D eigenvalue weighted by molar-refractivity contribution is 0.641. The maximum absolute atomic E-state index is 11.7. The third kappa shape index (κ3) is 2.15. The van der Waals surface area contributed by atoms with Crippen LogP contribution in [0.1, 0.15) is 0 Å². The number of fused-ring (bicyclic) bond motifs is 1. The average Bonchev–Trinajstić information content (AvgIpc) is 2.32. The fourth-order valence-corrected chi connectivity index (χ4v) is 1.43. The van der Waals surface area contributed by atoms with Gasteiger partial charge in [0.1, 0.15) is 5.65 Å². The van der Waals surface area contributed by atoms with Crippen LogP contribution in [0.2, 0.25) is 0 Å². The number of aromatic nitrogens is 3. The summed E-state index contributed by atoms with van der Waals surface area (Å²) in [5, 5.41) is 0.499. The summed E-state index contributed by atoms with van der Waals surface area (Å²) in [6, 6.07) is 3.42. The highest BCUT2D eigenvalue weighted by Gasteiger charge is 2.06. The Labute approximate surface area is 98.3 Å². The molecule has 0 fully saturated rings. The second-order valence-electron chi connectivity index (χ2n) is 3.86. The molecule has 0 bridgehead atoms. The number of aliphatic imine (C=N–C) groups is 1. The normalized spacial score (nSPS) is 11.2. The first-order valence-corrected chi connectivity index (χ1v) is 5.12. The van der Waals surface area contributed by atoms with Crippen LogP contribution in [0.3, 0.4) is 0 Å². The van der Waals surface area contributed by atoms with Crippen molar-refractivity contribution in [2.24, 2.45) is 12.0 Å². The summed E-state index contributed by atoms with van der Waals surface area (Å²) < 4.78 is 1.69. The summed E-state index contributed by atoms with van der Waals surface area (Å²) in [5.74, 6) is 0.343. The number of nitrogens with zero attached hydrogens (tertiary/aromatic N) is 5. The molecule has 6 nitrogen and oxygen atoms in total. The highest BCUT2D eigenvalue weighted by atomic mass is 16.1. The Morgan fingerprint density at radius 3 is 2.94 bits per heavy atom. The van der Waals surface area contributed by atoms with Gasteiger partial charge in [-0.2, -0.15) is 4.98 Å². The van der Waals surface area contributed by atoms with Crippen LogP contribution in [0.15, 0.2) is 28.1 Å². The zero-order valence-electron chi connectivity index (χ0n) is 9.95. The minimum atomic E-state index is -0.308. The van der Waals surface area contributed by atoms with Crippen molar-refractivity contribution in [3.63, 3.8) is 0 Å². The van der Waals surface area contributed by atoms with Crippen molar-refractivity contribution in [3.8, 4) is 0 Å². The van der Waals surface area contributed by atoms with Crippen molar-refractivity contribution in [3.05, 3.63) is 28.7 Å². The van der Waals surface area contributed by atoms with E-state index in [1.54, 1.807) is 41.2 Å². The molecule has 0 radical (unpaired) electrons. The molecule has 17 heavy (non-hydrogen) atoms. The zero-order valence-corrected chi connectivity index (χ0v) is 9.95. The zero-order chi connectivity index (χ0) is 12.4. The Morgan fingerprint density at radius 2 is 2.24 bits per heavy atom. The van der Waals surface area contributed by atoms with E-state index in [0.29, 0.717) is 17.0 Å². The van der Waals surface area contributed by atoms with Gasteiger partial charge in [-0.15, -0.1) is 0 Å². The number of hydrogen-bond acceptors (Lipinski definition) is 4. The van der Waals surface area contributed by atoms with E-state index in [2.05, 4.69) is 15.0 Å². The maximum atomic E-state index is 11.7. The monoisotopic (exact) mass is 231 g/mol. The van der Waals surface area contributed by atoms with E-state index in [9.17, 15) is 4.79 Å². The molecule has 0 amide bonds. The average molecular weight is 231 g/mol. The Kier molecular flexibility index (Phi) is 2.86. The summed E-state index contributed by atoms with van der Waals surface area (Å²) in [4.78, 5) is 25.7. The summed E-state index contributed by atoms with van der Waals surface area (Å²) >= 11 is 0. The van der Waals surface area contributed by atoms with Gasteiger partial charge in [0.15, 0.2) is 0 Å². The molecule has 0 saturated heterocycles. The molecular formula is C11H13N5O. The molecule has 0 saturated carbocycles. The predicted molar refractivity (Wildman–Crippen MR) is 66.6 cm³/mol. The molecule has 2 aromatic rings. The van der Waals surface area contributed by atoms with E-state index in [-0.39, 0.29) is 5.56 Å². The minimum absolute atomic E-state index is 0.308. The van der Waals surface area contributed by atoms with Gasteiger partial charge in [-0.25, -0.2) is 9.98 Å². The van der Waals surface area contributed by atoms with Crippen molar-refractivity contribution in [2.75, 3.05) is 14.1 Å². The van der Waals surface area contributed by atoms with Crippen LogP contribution in [0.5, 0.6) is 0 Å². The molecular weight excluding hydrogens is 218 g/mol. The first-order valence-electron chi connectivity index (χ1n) is 5.12. The fraction of sp³-hybridized carbons (Fsp3) is 0.273. The SMILES string of the molecule is CN(C)/C=N/c1nc(=O)c2cccnc2n1C. The van der Waals surface area contributed by atoms with Crippen LogP contribution in [0, 0.1) is 0 Å².